The number of carbonyl (C=O) groups is 1. The maximum atomic E-state index is 11.0. The van der Waals surface area contributed by atoms with Crippen LogP contribution in [0.1, 0.15) is 5.56 Å². The number of benzene rings is 1. The first-order chi connectivity index (χ1) is 8.72. The Hall–Kier alpha value is -1.43. The summed E-state index contributed by atoms with van der Waals surface area (Å²) in [5.74, 6) is -0.941. The van der Waals surface area contributed by atoms with Gasteiger partial charge in [0.25, 0.3) is 0 Å². The number of aliphatic carboxylic acids is 1. The molecule has 2 aliphatic rings. The van der Waals surface area contributed by atoms with Crippen molar-refractivity contribution in [2.75, 3.05) is 13.1 Å². The van der Waals surface area contributed by atoms with Gasteiger partial charge in [0.1, 0.15) is 6.10 Å². The molecule has 0 radical (unpaired) electrons. The minimum Gasteiger partial charge on any atom is -0.479 e. The molecular weight excluding hydrogens is 234 g/mol. The van der Waals surface area contributed by atoms with E-state index in [-0.39, 0.29) is 6.10 Å². The van der Waals surface area contributed by atoms with Crippen molar-refractivity contribution in [3.8, 4) is 0 Å². The van der Waals surface area contributed by atoms with E-state index in [1.807, 2.05) is 18.2 Å². The molecule has 18 heavy (non-hydrogen) atoms. The van der Waals surface area contributed by atoms with Gasteiger partial charge >= 0.3 is 5.97 Å². The van der Waals surface area contributed by atoms with Crippen molar-refractivity contribution in [2.24, 2.45) is 0 Å². The largest absolute Gasteiger partial charge is 0.479 e. The molecule has 1 aromatic rings. The van der Waals surface area contributed by atoms with E-state index in [2.05, 4.69) is 17.0 Å². The van der Waals surface area contributed by atoms with Gasteiger partial charge in [-0.25, -0.2) is 4.79 Å². The third-order valence-corrected chi connectivity index (χ3v) is 3.30. The molecular formula is C13H15NO4. The summed E-state index contributed by atoms with van der Waals surface area (Å²) in [6, 6.07) is 10.1. The highest BCUT2D eigenvalue weighted by Gasteiger charge is 2.45. The predicted molar refractivity (Wildman–Crippen MR) is 62.9 cm³/mol. The molecule has 0 unspecified atom stereocenters. The van der Waals surface area contributed by atoms with Gasteiger partial charge in [-0.3, -0.25) is 4.90 Å². The van der Waals surface area contributed by atoms with Crippen LogP contribution in [0, 0.1) is 0 Å². The molecule has 5 nitrogen and oxygen atoms in total. The van der Waals surface area contributed by atoms with E-state index in [1.54, 1.807) is 0 Å². The average Bonchev–Trinajstić information content (AvgIpc) is 2.66. The highest BCUT2D eigenvalue weighted by Crippen LogP contribution is 2.26. The van der Waals surface area contributed by atoms with Crippen molar-refractivity contribution in [1.82, 2.24) is 4.90 Å². The predicted octanol–water partition coefficient (Wildman–Crippen LogP) is 0.697. The third kappa shape index (κ3) is 2.25. The normalized spacial score (nSPS) is 31.4. The van der Waals surface area contributed by atoms with Gasteiger partial charge in [-0.15, -0.1) is 0 Å². The molecule has 2 saturated heterocycles. The van der Waals surface area contributed by atoms with E-state index < -0.39 is 18.4 Å². The number of hydrogen-bond donors (Lipinski definition) is 1. The van der Waals surface area contributed by atoms with Crippen LogP contribution >= 0.6 is 0 Å². The topological polar surface area (TPSA) is 59.0 Å². The summed E-state index contributed by atoms with van der Waals surface area (Å²) in [6.45, 7) is 2.02. The average molecular weight is 249 g/mol. The van der Waals surface area contributed by atoms with Crippen LogP contribution in [0.2, 0.25) is 0 Å². The zero-order chi connectivity index (χ0) is 12.5. The molecule has 2 aliphatic heterocycles. The Morgan fingerprint density at radius 2 is 2.06 bits per heavy atom. The van der Waals surface area contributed by atoms with E-state index in [0.717, 1.165) is 6.54 Å². The van der Waals surface area contributed by atoms with Crippen LogP contribution in [0.15, 0.2) is 30.3 Å². The van der Waals surface area contributed by atoms with Gasteiger partial charge in [-0.2, -0.15) is 0 Å². The molecule has 2 bridgehead atoms. The number of hydrogen-bond acceptors (Lipinski definition) is 4. The lowest BCUT2D eigenvalue weighted by atomic mass is 10.1. The van der Waals surface area contributed by atoms with E-state index in [0.29, 0.717) is 13.1 Å². The maximum Gasteiger partial charge on any atom is 0.335 e. The Morgan fingerprint density at radius 1 is 1.28 bits per heavy atom. The van der Waals surface area contributed by atoms with Crippen molar-refractivity contribution in [1.29, 1.82) is 0 Å². The fourth-order valence-corrected chi connectivity index (χ4v) is 2.50. The molecule has 1 aromatic carbocycles. The summed E-state index contributed by atoms with van der Waals surface area (Å²) >= 11 is 0. The van der Waals surface area contributed by atoms with Gasteiger partial charge in [0.2, 0.25) is 0 Å². The van der Waals surface area contributed by atoms with Gasteiger partial charge < -0.3 is 14.6 Å². The van der Waals surface area contributed by atoms with Crippen LogP contribution in [0.25, 0.3) is 0 Å². The molecule has 3 atom stereocenters. The second-order valence-corrected chi connectivity index (χ2v) is 4.68. The standard InChI is InChI=1S/C13H15NO4/c15-13(16)12-10-7-14(8-11(17-10)18-12)6-9-4-2-1-3-5-9/h1-5,10-12H,6-8H2,(H,15,16)/t10-,11-,12+/m1/s1. The van der Waals surface area contributed by atoms with Crippen LogP contribution in [-0.4, -0.2) is 47.6 Å². The molecule has 0 amide bonds. The minimum atomic E-state index is -0.941. The Kier molecular flexibility index (Phi) is 3.03. The smallest absolute Gasteiger partial charge is 0.335 e. The van der Waals surface area contributed by atoms with Crippen LogP contribution in [0.4, 0.5) is 0 Å². The van der Waals surface area contributed by atoms with Crippen molar-refractivity contribution in [3.05, 3.63) is 35.9 Å². The van der Waals surface area contributed by atoms with E-state index >= 15 is 0 Å². The van der Waals surface area contributed by atoms with E-state index in [9.17, 15) is 4.79 Å². The fraction of sp³-hybridized carbons (Fsp3) is 0.462. The number of carboxylic acid groups (broad SMARTS) is 1. The quantitative estimate of drug-likeness (QED) is 0.854. The molecule has 0 saturated carbocycles. The Labute approximate surface area is 105 Å². The van der Waals surface area contributed by atoms with Crippen molar-refractivity contribution in [3.63, 3.8) is 0 Å². The number of nitrogens with zero attached hydrogens (tertiary/aromatic N) is 1. The number of fused-ring (bicyclic) bond motifs is 2. The second-order valence-electron chi connectivity index (χ2n) is 4.68. The lowest BCUT2D eigenvalue weighted by Gasteiger charge is -2.30. The number of ether oxygens (including phenoxy) is 2. The lowest BCUT2D eigenvalue weighted by molar-refractivity contribution is -0.150. The number of rotatable bonds is 3. The molecule has 5 heteroatoms. The summed E-state index contributed by atoms with van der Waals surface area (Å²) in [5.41, 5.74) is 1.21. The molecule has 0 aliphatic carbocycles. The van der Waals surface area contributed by atoms with Gasteiger partial charge in [0.05, 0.1) is 6.54 Å². The van der Waals surface area contributed by atoms with Gasteiger partial charge in [-0.05, 0) is 5.56 Å². The first kappa shape index (κ1) is 11.6. The molecule has 3 rings (SSSR count). The number of carboxylic acids is 1. The lowest BCUT2D eigenvalue weighted by Crippen LogP contribution is -2.44. The molecule has 2 heterocycles. The summed E-state index contributed by atoms with van der Waals surface area (Å²) in [5, 5.41) is 9.01. The van der Waals surface area contributed by atoms with Gasteiger partial charge in [-0.1, -0.05) is 30.3 Å². The first-order valence-corrected chi connectivity index (χ1v) is 6.02. The van der Waals surface area contributed by atoms with E-state index in [1.165, 1.54) is 5.56 Å². The summed E-state index contributed by atoms with van der Waals surface area (Å²) in [4.78, 5) is 13.2. The summed E-state index contributed by atoms with van der Waals surface area (Å²) < 4.78 is 10.8. The third-order valence-electron chi connectivity index (χ3n) is 3.30. The Balaban J connectivity index is 1.66. The molecule has 2 fully saturated rings. The zero-order valence-corrected chi connectivity index (χ0v) is 9.86. The van der Waals surface area contributed by atoms with Crippen molar-refractivity contribution in [2.45, 2.75) is 25.0 Å². The Bertz CT molecular complexity index is 436. The molecule has 96 valence electrons. The van der Waals surface area contributed by atoms with Crippen molar-refractivity contribution < 1.29 is 19.4 Å². The minimum absolute atomic E-state index is 0.357. The second kappa shape index (κ2) is 4.68. The maximum absolute atomic E-state index is 11.0. The van der Waals surface area contributed by atoms with Crippen LogP contribution in [0.3, 0.4) is 0 Å². The van der Waals surface area contributed by atoms with Crippen LogP contribution < -0.4 is 0 Å². The highest BCUT2D eigenvalue weighted by atomic mass is 16.7. The van der Waals surface area contributed by atoms with Crippen LogP contribution in [0.5, 0.6) is 0 Å². The Morgan fingerprint density at radius 3 is 2.78 bits per heavy atom. The van der Waals surface area contributed by atoms with E-state index in [4.69, 9.17) is 14.6 Å². The summed E-state index contributed by atoms with van der Waals surface area (Å²) in [6.07, 6.45) is -1.59. The molecule has 1 N–H and O–H groups in total. The molecule has 0 spiro atoms. The van der Waals surface area contributed by atoms with Crippen LogP contribution in [-0.2, 0) is 20.8 Å². The molecule has 0 aromatic heterocycles. The monoisotopic (exact) mass is 249 g/mol. The SMILES string of the molecule is O=C(O)[C@H]1O[C@@H]2CN(Cc3ccccc3)C[C@H]1O2. The van der Waals surface area contributed by atoms with Gasteiger partial charge in [0.15, 0.2) is 12.4 Å². The van der Waals surface area contributed by atoms with Gasteiger partial charge in [0, 0.05) is 13.1 Å². The fourth-order valence-electron chi connectivity index (χ4n) is 2.50. The summed E-state index contributed by atoms with van der Waals surface area (Å²) in [7, 11) is 0. The first-order valence-electron chi connectivity index (χ1n) is 6.02. The number of morpholine rings is 1. The zero-order valence-electron chi connectivity index (χ0n) is 9.86. The van der Waals surface area contributed by atoms with Crippen molar-refractivity contribution >= 4 is 5.97 Å². The highest BCUT2D eigenvalue weighted by molar-refractivity contribution is 5.73.